The van der Waals surface area contributed by atoms with E-state index in [-0.39, 0.29) is 10.8 Å². The highest BCUT2D eigenvalue weighted by molar-refractivity contribution is 6.15. The van der Waals surface area contributed by atoms with Crippen LogP contribution in [0.2, 0.25) is 0 Å². The monoisotopic (exact) mass is 919 g/mol. The molecule has 344 valence electrons. The third-order valence-corrected chi connectivity index (χ3v) is 14.4. The van der Waals surface area contributed by atoms with E-state index < -0.39 is 0 Å². The Hall–Kier alpha value is -8.54. The Kier molecular flexibility index (Phi) is 9.60. The number of benzene rings is 10. The fraction of sp³-hybridized carbons (Fsp3) is 0.121. The van der Waals surface area contributed by atoms with E-state index in [4.69, 9.17) is 8.83 Å². The molecule has 3 aromatic heterocycles. The molecule has 0 N–H and O–H groups in total. The lowest BCUT2D eigenvalue weighted by molar-refractivity contribution is 0.590. The van der Waals surface area contributed by atoms with E-state index in [1.807, 2.05) is 24.3 Å². The number of furan rings is 2. The second kappa shape index (κ2) is 16.0. The molecule has 0 saturated heterocycles. The quantitative estimate of drug-likeness (QED) is 0.160. The summed E-state index contributed by atoms with van der Waals surface area (Å²) in [7, 11) is 0. The number of nitrogens with zero attached hydrogens (tertiary/aromatic N) is 3. The van der Waals surface area contributed by atoms with Crippen LogP contribution in [0.1, 0.15) is 52.7 Å². The molecule has 0 atom stereocenters. The summed E-state index contributed by atoms with van der Waals surface area (Å²) in [5.41, 5.74) is 15.8. The van der Waals surface area contributed by atoms with Crippen LogP contribution in [-0.2, 0) is 10.8 Å². The SMILES string of the molecule is CC(C)(C)c1ccc(N(c2ccc3cc4c5ccc(N(c6ccc(C(C)(C)C)cc6)c6ccc7c(c6)oc6ccccc67)cc5n(-c5ccccc5)c4cc3c2)c2ccc3c(c2)oc2ccccc23)cc1. The van der Waals surface area contributed by atoms with Crippen molar-refractivity contribution in [1.82, 2.24) is 4.57 Å². The van der Waals surface area contributed by atoms with Gasteiger partial charge in [0.1, 0.15) is 22.3 Å². The van der Waals surface area contributed by atoms with Gasteiger partial charge in [-0.25, -0.2) is 0 Å². The van der Waals surface area contributed by atoms with Gasteiger partial charge in [-0.2, -0.15) is 0 Å². The summed E-state index contributed by atoms with van der Waals surface area (Å²) in [5.74, 6) is 0. The molecule has 13 rings (SSSR count). The van der Waals surface area contributed by atoms with E-state index in [1.54, 1.807) is 0 Å². The maximum atomic E-state index is 6.48. The van der Waals surface area contributed by atoms with E-state index in [0.29, 0.717) is 0 Å². The van der Waals surface area contributed by atoms with Gasteiger partial charge in [0.05, 0.1) is 11.0 Å². The molecule has 10 aromatic carbocycles. The van der Waals surface area contributed by atoms with Gasteiger partial charge in [-0.3, -0.25) is 0 Å². The van der Waals surface area contributed by atoms with Crippen molar-refractivity contribution in [2.75, 3.05) is 9.80 Å². The summed E-state index contributed by atoms with van der Waals surface area (Å²) < 4.78 is 15.4. The Labute approximate surface area is 413 Å². The van der Waals surface area contributed by atoms with Crippen LogP contribution in [-0.4, -0.2) is 4.57 Å². The van der Waals surface area contributed by atoms with E-state index >= 15 is 0 Å². The van der Waals surface area contributed by atoms with Gasteiger partial charge in [0, 0.05) is 84.3 Å². The zero-order valence-electron chi connectivity index (χ0n) is 40.9. The minimum Gasteiger partial charge on any atom is -0.456 e. The Morgan fingerprint density at radius 1 is 0.310 bits per heavy atom. The smallest absolute Gasteiger partial charge is 0.137 e. The molecule has 0 radical (unpaired) electrons. The number of hydrogen-bond acceptors (Lipinski definition) is 4. The molecule has 0 aliphatic heterocycles. The number of aromatic nitrogens is 1. The molecule has 0 saturated carbocycles. The standard InChI is InChI=1S/C66H53N3O2/c1-65(2,3)44-21-26-47(27-22-44)67(51-31-34-56-54-16-10-12-18-61(54)70-63(56)40-51)49-25-20-42-37-58-53-33-30-50(39-60(53)69(46-14-8-7-9-15-46)59(58)38-43(42)36-49)68(48-28-23-45(24-29-48)66(4,5)6)52-32-35-57-55-17-11-13-19-62(55)71-64(57)41-52/h7-41H,1-6H3. The lowest BCUT2D eigenvalue weighted by Crippen LogP contribution is -2.13. The van der Waals surface area contributed by atoms with Gasteiger partial charge in [-0.1, -0.05) is 133 Å². The van der Waals surface area contributed by atoms with Crippen molar-refractivity contribution in [3.8, 4) is 5.69 Å². The molecule has 0 unspecified atom stereocenters. The largest absolute Gasteiger partial charge is 0.456 e. The average Bonchev–Trinajstić information content (AvgIpc) is 4.04. The van der Waals surface area contributed by atoms with Gasteiger partial charge < -0.3 is 23.2 Å². The number of hydrogen-bond donors (Lipinski definition) is 0. The van der Waals surface area contributed by atoms with Crippen LogP contribution in [0.4, 0.5) is 34.1 Å². The summed E-state index contributed by atoms with van der Waals surface area (Å²) in [4.78, 5) is 4.71. The molecule has 5 heteroatoms. The fourth-order valence-corrected chi connectivity index (χ4v) is 10.7. The first-order chi connectivity index (χ1) is 34.4. The number of para-hydroxylation sites is 3. The van der Waals surface area contributed by atoms with Crippen LogP contribution >= 0.6 is 0 Å². The predicted molar refractivity (Wildman–Crippen MR) is 300 cm³/mol. The van der Waals surface area contributed by atoms with Crippen LogP contribution in [0.5, 0.6) is 0 Å². The normalized spacial score (nSPS) is 12.4. The minimum atomic E-state index is 0.0239. The van der Waals surface area contributed by atoms with Crippen molar-refractivity contribution in [3.63, 3.8) is 0 Å². The van der Waals surface area contributed by atoms with Gasteiger partial charge >= 0.3 is 0 Å². The van der Waals surface area contributed by atoms with Gasteiger partial charge in [0.15, 0.2) is 0 Å². The topological polar surface area (TPSA) is 37.7 Å². The van der Waals surface area contributed by atoms with E-state index in [9.17, 15) is 0 Å². The number of rotatable bonds is 7. The molecule has 0 bridgehead atoms. The molecule has 0 spiro atoms. The van der Waals surface area contributed by atoms with Crippen molar-refractivity contribution in [3.05, 3.63) is 223 Å². The Morgan fingerprint density at radius 3 is 1.27 bits per heavy atom. The van der Waals surface area contributed by atoms with Crippen molar-refractivity contribution < 1.29 is 8.83 Å². The average molecular weight is 920 g/mol. The molecule has 0 amide bonds. The highest BCUT2D eigenvalue weighted by Gasteiger charge is 2.23. The first-order valence-corrected chi connectivity index (χ1v) is 24.6. The summed E-state index contributed by atoms with van der Waals surface area (Å²) in [6.45, 7) is 13.6. The van der Waals surface area contributed by atoms with Crippen LogP contribution in [0.25, 0.3) is 82.1 Å². The molecular formula is C66H53N3O2. The molecule has 71 heavy (non-hydrogen) atoms. The second-order valence-corrected chi connectivity index (χ2v) is 21.1. The van der Waals surface area contributed by atoms with Crippen LogP contribution in [0.3, 0.4) is 0 Å². The fourth-order valence-electron chi connectivity index (χ4n) is 10.7. The predicted octanol–water partition coefficient (Wildman–Crippen LogP) is 19.3. The van der Waals surface area contributed by atoms with Crippen molar-refractivity contribution in [2.24, 2.45) is 0 Å². The first-order valence-electron chi connectivity index (χ1n) is 24.6. The molecule has 3 heterocycles. The van der Waals surface area contributed by atoms with Crippen LogP contribution < -0.4 is 9.80 Å². The van der Waals surface area contributed by atoms with Gasteiger partial charge in [0.2, 0.25) is 0 Å². The Morgan fingerprint density at radius 2 is 0.732 bits per heavy atom. The zero-order chi connectivity index (χ0) is 48.2. The molecule has 0 fully saturated rings. The molecule has 13 aromatic rings. The molecule has 5 nitrogen and oxygen atoms in total. The minimum absolute atomic E-state index is 0.0239. The summed E-state index contributed by atoms with van der Waals surface area (Å²) in [5, 5.41) is 9.17. The molecular weight excluding hydrogens is 867 g/mol. The van der Waals surface area contributed by atoms with Crippen molar-refractivity contribution in [2.45, 2.75) is 52.4 Å². The van der Waals surface area contributed by atoms with Crippen molar-refractivity contribution >= 4 is 111 Å². The maximum Gasteiger partial charge on any atom is 0.137 e. The third-order valence-electron chi connectivity index (χ3n) is 14.4. The van der Waals surface area contributed by atoms with Crippen LogP contribution in [0, 0.1) is 0 Å². The van der Waals surface area contributed by atoms with Gasteiger partial charge in [-0.05, 0) is 142 Å². The highest BCUT2D eigenvalue weighted by Crippen LogP contribution is 2.45. The Bertz CT molecular complexity index is 4180. The second-order valence-electron chi connectivity index (χ2n) is 21.1. The summed E-state index contributed by atoms with van der Waals surface area (Å²) in [6.07, 6.45) is 0. The summed E-state index contributed by atoms with van der Waals surface area (Å²) >= 11 is 0. The lowest BCUT2D eigenvalue weighted by Gasteiger charge is -2.27. The van der Waals surface area contributed by atoms with Gasteiger partial charge in [-0.15, -0.1) is 0 Å². The number of fused-ring (bicyclic) bond motifs is 10. The maximum absolute atomic E-state index is 6.48. The van der Waals surface area contributed by atoms with Crippen molar-refractivity contribution in [1.29, 1.82) is 0 Å². The van der Waals surface area contributed by atoms with Gasteiger partial charge in [0.25, 0.3) is 0 Å². The Balaban J connectivity index is 0.994. The van der Waals surface area contributed by atoms with E-state index in [0.717, 1.165) is 100 Å². The van der Waals surface area contributed by atoms with Crippen LogP contribution in [0.15, 0.2) is 221 Å². The summed E-state index contributed by atoms with van der Waals surface area (Å²) in [6, 6.07) is 77.1. The molecule has 0 aliphatic carbocycles. The third kappa shape index (κ3) is 7.22. The molecule has 0 aliphatic rings. The van der Waals surface area contributed by atoms with E-state index in [1.165, 1.54) is 27.3 Å². The highest BCUT2D eigenvalue weighted by atomic mass is 16.3. The zero-order valence-corrected chi connectivity index (χ0v) is 40.9. The first kappa shape index (κ1) is 42.6. The number of anilines is 6. The van der Waals surface area contributed by atoms with E-state index in [2.05, 4.69) is 244 Å². The lowest BCUT2D eigenvalue weighted by atomic mass is 9.87.